The lowest BCUT2D eigenvalue weighted by Crippen LogP contribution is -2.30. The molecule has 2 heterocycles. The van der Waals surface area contributed by atoms with Crippen molar-refractivity contribution in [3.63, 3.8) is 0 Å². The number of hydrogen-bond donors (Lipinski definition) is 1. The molecule has 4 heteroatoms. The van der Waals surface area contributed by atoms with Crippen LogP contribution in [0.3, 0.4) is 0 Å². The number of pyridine rings is 1. The highest BCUT2D eigenvalue weighted by Gasteiger charge is 2.27. The van der Waals surface area contributed by atoms with Gasteiger partial charge in [-0.05, 0) is 36.8 Å². The summed E-state index contributed by atoms with van der Waals surface area (Å²) in [6.45, 7) is 9.05. The second-order valence-electron chi connectivity index (χ2n) is 6.69. The van der Waals surface area contributed by atoms with Crippen LogP contribution in [0.5, 0.6) is 0 Å². The van der Waals surface area contributed by atoms with Crippen molar-refractivity contribution in [3.05, 3.63) is 24.0 Å². The molecule has 1 aliphatic rings. The molecule has 1 aromatic heterocycles. The number of anilines is 1. The molecule has 0 atom stereocenters. The summed E-state index contributed by atoms with van der Waals surface area (Å²) in [6.07, 6.45) is 5.61. The molecule has 116 valence electrons. The summed E-state index contributed by atoms with van der Waals surface area (Å²) < 4.78 is 0. The Hall–Kier alpha value is -1.58. The first-order chi connectivity index (χ1) is 10.00. The number of aromatic nitrogens is 1. The highest BCUT2D eigenvalue weighted by atomic mass is 16.2. The van der Waals surface area contributed by atoms with Gasteiger partial charge in [-0.1, -0.05) is 20.8 Å². The number of carbonyl (C=O) groups excluding carboxylic acids is 1. The minimum Gasteiger partial charge on any atom is -0.385 e. The fourth-order valence-electron chi connectivity index (χ4n) is 2.60. The molecule has 2 rings (SSSR count). The number of nitrogens with one attached hydrogen (secondary N) is 1. The molecule has 1 fully saturated rings. The van der Waals surface area contributed by atoms with E-state index in [0.29, 0.717) is 13.0 Å². The van der Waals surface area contributed by atoms with Crippen molar-refractivity contribution < 1.29 is 4.79 Å². The number of likely N-dealkylation sites (tertiary alicyclic amines) is 1. The van der Waals surface area contributed by atoms with Gasteiger partial charge >= 0.3 is 0 Å². The lowest BCUT2D eigenvalue weighted by molar-refractivity contribution is -0.131. The molecular weight excluding hydrogens is 262 g/mol. The third-order valence-corrected chi connectivity index (χ3v) is 4.18. The van der Waals surface area contributed by atoms with E-state index < -0.39 is 0 Å². The quantitative estimate of drug-likeness (QED) is 0.903. The van der Waals surface area contributed by atoms with Crippen LogP contribution in [0.2, 0.25) is 0 Å². The fourth-order valence-corrected chi connectivity index (χ4v) is 2.60. The summed E-state index contributed by atoms with van der Waals surface area (Å²) in [7, 11) is 0. The standard InChI is InChI=1S/C17H27N3O/c1-4-9-18-14-6-10-19-15(12-14)13-20-11-8-17(2,3)7-5-16(20)21/h6,10,12H,4-5,7-9,11,13H2,1-3H3,(H,18,19). The largest absolute Gasteiger partial charge is 0.385 e. The first-order valence-corrected chi connectivity index (χ1v) is 7.97. The van der Waals surface area contributed by atoms with Gasteiger partial charge in [-0.25, -0.2) is 0 Å². The average molecular weight is 289 g/mol. The van der Waals surface area contributed by atoms with E-state index in [9.17, 15) is 4.79 Å². The van der Waals surface area contributed by atoms with Crippen molar-refractivity contribution in [2.45, 2.75) is 53.0 Å². The van der Waals surface area contributed by atoms with Gasteiger partial charge in [0.05, 0.1) is 12.2 Å². The molecule has 0 unspecified atom stereocenters. The molecule has 1 saturated heterocycles. The lowest BCUT2D eigenvalue weighted by atomic mass is 9.85. The van der Waals surface area contributed by atoms with E-state index >= 15 is 0 Å². The summed E-state index contributed by atoms with van der Waals surface area (Å²) in [5.74, 6) is 0.259. The van der Waals surface area contributed by atoms with E-state index in [1.807, 2.05) is 17.2 Å². The molecule has 0 bridgehead atoms. The molecule has 1 amide bonds. The molecule has 4 nitrogen and oxygen atoms in total. The maximum absolute atomic E-state index is 12.2. The minimum absolute atomic E-state index is 0.259. The zero-order valence-electron chi connectivity index (χ0n) is 13.5. The number of rotatable bonds is 5. The summed E-state index contributed by atoms with van der Waals surface area (Å²) in [6, 6.07) is 4.03. The maximum atomic E-state index is 12.2. The molecule has 1 aromatic rings. The van der Waals surface area contributed by atoms with Crippen molar-refractivity contribution in [2.24, 2.45) is 5.41 Å². The monoisotopic (exact) mass is 289 g/mol. The summed E-state index contributed by atoms with van der Waals surface area (Å²) in [5.41, 5.74) is 2.32. The molecule has 21 heavy (non-hydrogen) atoms. The summed E-state index contributed by atoms with van der Waals surface area (Å²) >= 11 is 0. The van der Waals surface area contributed by atoms with E-state index in [2.05, 4.69) is 37.1 Å². The Morgan fingerprint density at radius 2 is 2.19 bits per heavy atom. The normalized spacial score (nSPS) is 18.4. The van der Waals surface area contributed by atoms with Crippen LogP contribution in [-0.2, 0) is 11.3 Å². The van der Waals surface area contributed by atoms with Crippen molar-refractivity contribution >= 4 is 11.6 Å². The minimum atomic E-state index is 0.259. The van der Waals surface area contributed by atoms with Crippen molar-refractivity contribution in [2.75, 3.05) is 18.4 Å². The molecular formula is C17H27N3O. The van der Waals surface area contributed by atoms with Crippen LogP contribution in [0.15, 0.2) is 18.3 Å². The maximum Gasteiger partial charge on any atom is 0.222 e. The third kappa shape index (κ3) is 4.73. The molecule has 0 radical (unpaired) electrons. The lowest BCUT2D eigenvalue weighted by Gasteiger charge is -2.23. The Kier molecular flexibility index (Phi) is 5.21. The van der Waals surface area contributed by atoms with Crippen molar-refractivity contribution in [1.29, 1.82) is 0 Å². The van der Waals surface area contributed by atoms with Gasteiger partial charge in [0.15, 0.2) is 0 Å². The predicted molar refractivity (Wildman–Crippen MR) is 86.1 cm³/mol. The topological polar surface area (TPSA) is 45.2 Å². The SMILES string of the molecule is CCCNc1ccnc(CN2CCC(C)(C)CCC2=O)c1. The first-order valence-electron chi connectivity index (χ1n) is 7.97. The smallest absolute Gasteiger partial charge is 0.222 e. The molecule has 0 spiro atoms. The van der Waals surface area contributed by atoms with Gasteiger partial charge in [-0.3, -0.25) is 9.78 Å². The van der Waals surface area contributed by atoms with E-state index in [1.165, 1.54) is 0 Å². The molecule has 0 aromatic carbocycles. The van der Waals surface area contributed by atoms with Crippen LogP contribution >= 0.6 is 0 Å². The Morgan fingerprint density at radius 1 is 1.38 bits per heavy atom. The van der Waals surface area contributed by atoms with Gasteiger partial charge in [0.25, 0.3) is 0 Å². The van der Waals surface area contributed by atoms with E-state index in [4.69, 9.17) is 0 Å². The van der Waals surface area contributed by atoms with Crippen LogP contribution in [0.1, 0.15) is 52.1 Å². The number of amides is 1. The molecule has 0 aliphatic carbocycles. The second-order valence-corrected chi connectivity index (χ2v) is 6.69. The highest BCUT2D eigenvalue weighted by Crippen LogP contribution is 2.30. The Bertz CT molecular complexity index is 485. The zero-order chi connectivity index (χ0) is 15.3. The summed E-state index contributed by atoms with van der Waals surface area (Å²) in [5, 5.41) is 3.37. The number of hydrogen-bond acceptors (Lipinski definition) is 3. The van der Waals surface area contributed by atoms with Crippen LogP contribution in [0.4, 0.5) is 5.69 Å². The Labute approximate surface area is 127 Å². The fraction of sp³-hybridized carbons (Fsp3) is 0.647. The van der Waals surface area contributed by atoms with E-state index in [1.54, 1.807) is 0 Å². The van der Waals surface area contributed by atoms with Gasteiger partial charge in [-0.2, -0.15) is 0 Å². The van der Waals surface area contributed by atoms with Crippen molar-refractivity contribution in [1.82, 2.24) is 9.88 Å². The second kappa shape index (κ2) is 6.92. The van der Waals surface area contributed by atoms with Gasteiger partial charge in [0, 0.05) is 31.4 Å². The van der Waals surface area contributed by atoms with Crippen molar-refractivity contribution in [3.8, 4) is 0 Å². The average Bonchev–Trinajstić information content (AvgIpc) is 2.59. The van der Waals surface area contributed by atoms with Crippen LogP contribution < -0.4 is 5.32 Å². The number of nitrogens with zero attached hydrogens (tertiary/aromatic N) is 2. The van der Waals surface area contributed by atoms with Gasteiger partial charge in [0.2, 0.25) is 5.91 Å². The molecule has 1 N–H and O–H groups in total. The van der Waals surface area contributed by atoms with Gasteiger partial charge in [-0.15, -0.1) is 0 Å². The Balaban J connectivity index is 2.01. The summed E-state index contributed by atoms with van der Waals surface area (Å²) in [4.78, 5) is 18.6. The van der Waals surface area contributed by atoms with E-state index in [-0.39, 0.29) is 11.3 Å². The van der Waals surface area contributed by atoms with Gasteiger partial charge < -0.3 is 10.2 Å². The van der Waals surface area contributed by atoms with Crippen LogP contribution in [-0.4, -0.2) is 28.9 Å². The van der Waals surface area contributed by atoms with Crippen LogP contribution in [0, 0.1) is 5.41 Å². The van der Waals surface area contributed by atoms with Crippen LogP contribution in [0.25, 0.3) is 0 Å². The first kappa shape index (κ1) is 15.8. The predicted octanol–water partition coefficient (Wildman–Crippen LogP) is 3.44. The Morgan fingerprint density at radius 3 is 2.95 bits per heavy atom. The van der Waals surface area contributed by atoms with Gasteiger partial charge in [0.1, 0.15) is 0 Å². The highest BCUT2D eigenvalue weighted by molar-refractivity contribution is 5.76. The van der Waals surface area contributed by atoms with E-state index in [0.717, 1.165) is 43.7 Å². The molecule has 1 aliphatic heterocycles. The number of carbonyl (C=O) groups is 1. The zero-order valence-corrected chi connectivity index (χ0v) is 13.5. The molecule has 0 saturated carbocycles. The third-order valence-electron chi connectivity index (χ3n) is 4.18.